The van der Waals surface area contributed by atoms with E-state index in [0.717, 1.165) is 12.8 Å². The second-order valence-corrected chi connectivity index (χ2v) is 4.17. The molecule has 1 saturated heterocycles. The van der Waals surface area contributed by atoms with Gasteiger partial charge in [-0.2, -0.15) is 5.26 Å². The van der Waals surface area contributed by atoms with Crippen LogP contribution in [-0.2, 0) is 4.79 Å². The standard InChI is InChI=1S/C10H14N2O2/c11-7-10(3-4-10)9(14)12-5-1-2-8(12)6-13/h8,13H,1-6H2/t8-/m0/s1. The lowest BCUT2D eigenvalue weighted by Gasteiger charge is -2.24. The van der Waals surface area contributed by atoms with Crippen molar-refractivity contribution in [3.63, 3.8) is 0 Å². The minimum Gasteiger partial charge on any atom is -0.394 e. The van der Waals surface area contributed by atoms with Crippen LogP contribution in [0.25, 0.3) is 0 Å². The number of nitriles is 1. The predicted octanol–water partition coefficient (Wildman–Crippen LogP) is 0.273. The van der Waals surface area contributed by atoms with E-state index in [4.69, 9.17) is 10.4 Å². The Morgan fingerprint density at radius 2 is 2.36 bits per heavy atom. The van der Waals surface area contributed by atoms with Crippen molar-refractivity contribution in [1.82, 2.24) is 4.90 Å². The van der Waals surface area contributed by atoms with Crippen molar-refractivity contribution < 1.29 is 9.90 Å². The molecule has 4 heteroatoms. The fraction of sp³-hybridized carbons (Fsp3) is 0.800. The first-order valence-electron chi connectivity index (χ1n) is 5.07. The number of likely N-dealkylation sites (tertiary alicyclic amines) is 1. The van der Waals surface area contributed by atoms with Gasteiger partial charge in [-0.1, -0.05) is 0 Å². The zero-order chi connectivity index (χ0) is 10.2. The SMILES string of the molecule is N#CC1(C(=O)N2CCC[C@H]2CO)CC1. The molecule has 1 heterocycles. The van der Waals surface area contributed by atoms with Crippen LogP contribution in [0.4, 0.5) is 0 Å². The number of carbonyl (C=O) groups is 1. The number of carbonyl (C=O) groups excluding carboxylic acids is 1. The summed E-state index contributed by atoms with van der Waals surface area (Å²) < 4.78 is 0. The molecule has 2 rings (SSSR count). The van der Waals surface area contributed by atoms with Crippen LogP contribution in [0.15, 0.2) is 0 Å². The van der Waals surface area contributed by atoms with Gasteiger partial charge in [0.2, 0.25) is 5.91 Å². The van der Waals surface area contributed by atoms with Gasteiger partial charge in [0, 0.05) is 6.54 Å². The van der Waals surface area contributed by atoms with Crippen LogP contribution in [0.2, 0.25) is 0 Å². The molecule has 1 aliphatic carbocycles. The Bertz CT molecular complexity index is 291. The fourth-order valence-electron chi connectivity index (χ4n) is 2.07. The highest BCUT2D eigenvalue weighted by Crippen LogP contribution is 2.47. The molecule has 0 radical (unpaired) electrons. The van der Waals surface area contributed by atoms with E-state index < -0.39 is 5.41 Å². The van der Waals surface area contributed by atoms with Gasteiger partial charge < -0.3 is 10.0 Å². The van der Waals surface area contributed by atoms with Crippen molar-refractivity contribution in [2.75, 3.05) is 13.2 Å². The average molecular weight is 194 g/mol. The van der Waals surface area contributed by atoms with Crippen molar-refractivity contribution in [3.05, 3.63) is 0 Å². The summed E-state index contributed by atoms with van der Waals surface area (Å²) in [5, 5.41) is 18.0. The highest BCUT2D eigenvalue weighted by Gasteiger charge is 2.53. The zero-order valence-corrected chi connectivity index (χ0v) is 8.07. The summed E-state index contributed by atoms with van der Waals surface area (Å²) in [6, 6.07) is 2.05. The largest absolute Gasteiger partial charge is 0.394 e. The number of hydrogen-bond acceptors (Lipinski definition) is 3. The molecular weight excluding hydrogens is 180 g/mol. The smallest absolute Gasteiger partial charge is 0.243 e. The molecule has 0 spiro atoms. The molecule has 0 aromatic carbocycles. The van der Waals surface area contributed by atoms with E-state index >= 15 is 0 Å². The molecule has 2 fully saturated rings. The van der Waals surface area contributed by atoms with Crippen molar-refractivity contribution in [1.29, 1.82) is 5.26 Å². The fourth-order valence-corrected chi connectivity index (χ4v) is 2.07. The first-order valence-corrected chi connectivity index (χ1v) is 5.07. The van der Waals surface area contributed by atoms with Gasteiger partial charge in [-0.25, -0.2) is 0 Å². The van der Waals surface area contributed by atoms with E-state index in [2.05, 4.69) is 6.07 Å². The summed E-state index contributed by atoms with van der Waals surface area (Å²) in [7, 11) is 0. The Hall–Kier alpha value is -1.08. The summed E-state index contributed by atoms with van der Waals surface area (Å²) in [6.45, 7) is 0.723. The molecule has 76 valence electrons. The Labute approximate surface area is 83.1 Å². The molecule has 2 aliphatic rings. The topological polar surface area (TPSA) is 64.3 Å². The van der Waals surface area contributed by atoms with E-state index in [1.165, 1.54) is 0 Å². The van der Waals surface area contributed by atoms with Gasteiger partial charge in [0.25, 0.3) is 0 Å². The monoisotopic (exact) mass is 194 g/mol. The van der Waals surface area contributed by atoms with Crippen molar-refractivity contribution in [2.24, 2.45) is 5.41 Å². The molecule has 1 atom stereocenters. The van der Waals surface area contributed by atoms with Gasteiger partial charge in [-0.15, -0.1) is 0 Å². The number of hydrogen-bond donors (Lipinski definition) is 1. The third-order valence-electron chi connectivity index (χ3n) is 3.22. The Balaban J connectivity index is 2.08. The third kappa shape index (κ3) is 1.28. The minimum absolute atomic E-state index is 0.0211. The first-order chi connectivity index (χ1) is 6.73. The van der Waals surface area contributed by atoms with Crippen LogP contribution < -0.4 is 0 Å². The van der Waals surface area contributed by atoms with Gasteiger partial charge in [-0.05, 0) is 25.7 Å². The quantitative estimate of drug-likeness (QED) is 0.686. The van der Waals surface area contributed by atoms with Gasteiger partial charge in [0.05, 0.1) is 18.7 Å². The summed E-state index contributed by atoms with van der Waals surface area (Å²) in [6.07, 6.45) is 3.19. The number of amides is 1. The van der Waals surface area contributed by atoms with E-state index in [1.807, 2.05) is 0 Å². The van der Waals surface area contributed by atoms with Crippen molar-refractivity contribution in [2.45, 2.75) is 31.7 Å². The predicted molar refractivity (Wildman–Crippen MR) is 49.1 cm³/mol. The molecule has 4 nitrogen and oxygen atoms in total. The number of aliphatic hydroxyl groups is 1. The Morgan fingerprint density at radius 1 is 1.64 bits per heavy atom. The van der Waals surface area contributed by atoms with E-state index in [-0.39, 0.29) is 18.6 Å². The van der Waals surface area contributed by atoms with E-state index in [0.29, 0.717) is 19.4 Å². The Kier molecular flexibility index (Phi) is 2.20. The van der Waals surface area contributed by atoms with E-state index in [1.54, 1.807) is 4.90 Å². The molecule has 1 amide bonds. The summed E-state index contributed by atoms with van der Waals surface area (Å²) in [5.41, 5.74) is -0.724. The molecule has 0 aromatic rings. The van der Waals surface area contributed by atoms with Crippen molar-refractivity contribution in [3.8, 4) is 6.07 Å². The first kappa shape index (κ1) is 9.47. The summed E-state index contributed by atoms with van der Waals surface area (Å²) in [4.78, 5) is 13.6. The van der Waals surface area contributed by atoms with Gasteiger partial charge in [0.1, 0.15) is 5.41 Å². The molecule has 1 N–H and O–H groups in total. The van der Waals surface area contributed by atoms with Gasteiger partial charge in [0.15, 0.2) is 0 Å². The lowest BCUT2D eigenvalue weighted by molar-refractivity contribution is -0.136. The number of nitrogens with zero attached hydrogens (tertiary/aromatic N) is 2. The second kappa shape index (κ2) is 3.25. The molecule has 1 saturated carbocycles. The number of rotatable bonds is 2. The van der Waals surface area contributed by atoms with Crippen LogP contribution in [0.5, 0.6) is 0 Å². The lowest BCUT2D eigenvalue weighted by atomic mass is 10.1. The lowest BCUT2D eigenvalue weighted by Crippen LogP contribution is -2.41. The molecule has 14 heavy (non-hydrogen) atoms. The van der Waals surface area contributed by atoms with Crippen LogP contribution in [-0.4, -0.2) is 35.1 Å². The van der Waals surface area contributed by atoms with Gasteiger partial charge >= 0.3 is 0 Å². The Morgan fingerprint density at radius 3 is 2.86 bits per heavy atom. The number of aliphatic hydroxyl groups excluding tert-OH is 1. The van der Waals surface area contributed by atoms with Crippen LogP contribution in [0.3, 0.4) is 0 Å². The van der Waals surface area contributed by atoms with E-state index in [9.17, 15) is 4.79 Å². The molecular formula is C10H14N2O2. The second-order valence-electron chi connectivity index (χ2n) is 4.17. The maximum atomic E-state index is 11.9. The maximum Gasteiger partial charge on any atom is 0.243 e. The van der Waals surface area contributed by atoms with Gasteiger partial charge in [-0.3, -0.25) is 4.79 Å². The van der Waals surface area contributed by atoms with Crippen LogP contribution >= 0.6 is 0 Å². The highest BCUT2D eigenvalue weighted by atomic mass is 16.3. The molecule has 0 aromatic heterocycles. The molecule has 0 unspecified atom stereocenters. The molecule has 0 bridgehead atoms. The minimum atomic E-state index is -0.724. The zero-order valence-electron chi connectivity index (χ0n) is 8.07. The van der Waals surface area contributed by atoms with Crippen LogP contribution in [0.1, 0.15) is 25.7 Å². The van der Waals surface area contributed by atoms with Crippen LogP contribution in [0, 0.1) is 16.7 Å². The highest BCUT2D eigenvalue weighted by molar-refractivity contribution is 5.88. The maximum absolute atomic E-state index is 11.9. The normalized spacial score (nSPS) is 28.6. The summed E-state index contributed by atoms with van der Waals surface area (Å²) >= 11 is 0. The third-order valence-corrected chi connectivity index (χ3v) is 3.22. The average Bonchev–Trinajstić information content (AvgIpc) is 2.87. The summed E-state index contributed by atoms with van der Waals surface area (Å²) in [5.74, 6) is -0.0587. The molecule has 1 aliphatic heterocycles. The van der Waals surface area contributed by atoms with Crippen molar-refractivity contribution >= 4 is 5.91 Å².